The molecule has 0 bridgehead atoms. The molecule has 0 spiro atoms. The fourth-order valence-electron chi connectivity index (χ4n) is 1.49. The molecule has 0 unspecified atom stereocenters. The number of hydrogen-bond donors (Lipinski definition) is 1. The first-order valence-corrected chi connectivity index (χ1v) is 6.09. The van der Waals surface area contributed by atoms with Gasteiger partial charge < -0.3 is 14.8 Å². The summed E-state index contributed by atoms with van der Waals surface area (Å²) in [6, 6.07) is 2.04. The average molecular weight is 241 g/mol. The Morgan fingerprint density at radius 2 is 2.18 bits per heavy atom. The molecule has 0 aliphatic rings. The summed E-state index contributed by atoms with van der Waals surface area (Å²) < 4.78 is 12.2. The molecule has 17 heavy (non-hydrogen) atoms. The second kappa shape index (κ2) is 9.15. The largest absolute Gasteiger partial charge is 0.385 e. The number of nitrogens with one attached hydrogen (secondary N) is 1. The summed E-state index contributed by atoms with van der Waals surface area (Å²) in [5, 5.41) is 7.64. The van der Waals surface area contributed by atoms with Gasteiger partial charge in [-0.15, -0.1) is 0 Å². The highest BCUT2D eigenvalue weighted by atomic mass is 16.5. The van der Waals surface area contributed by atoms with Crippen molar-refractivity contribution in [1.29, 1.82) is 0 Å². The number of hydrogen-bond acceptors (Lipinski definition) is 4. The second-order valence-corrected chi connectivity index (χ2v) is 3.94. The molecular formula is C12H23N3O2. The van der Waals surface area contributed by atoms with E-state index in [2.05, 4.69) is 10.4 Å². The van der Waals surface area contributed by atoms with E-state index in [0.717, 1.165) is 51.4 Å². The summed E-state index contributed by atoms with van der Waals surface area (Å²) in [6.45, 7) is 4.13. The number of aromatic nitrogens is 2. The van der Waals surface area contributed by atoms with Crippen LogP contribution in [0.25, 0.3) is 0 Å². The van der Waals surface area contributed by atoms with Crippen molar-refractivity contribution in [3.8, 4) is 0 Å². The summed E-state index contributed by atoms with van der Waals surface area (Å²) >= 11 is 0. The molecule has 0 radical (unpaired) electrons. The minimum atomic E-state index is 0.756. The maximum atomic E-state index is 5.43. The third kappa shape index (κ3) is 7.10. The highest BCUT2D eigenvalue weighted by molar-refractivity contribution is 4.98. The molecule has 1 aromatic heterocycles. The van der Waals surface area contributed by atoms with Crippen LogP contribution in [0.5, 0.6) is 0 Å². The van der Waals surface area contributed by atoms with Crippen molar-refractivity contribution < 1.29 is 9.47 Å². The Morgan fingerprint density at radius 3 is 2.88 bits per heavy atom. The lowest BCUT2D eigenvalue weighted by atomic mass is 10.3. The van der Waals surface area contributed by atoms with Crippen LogP contribution in [0.2, 0.25) is 0 Å². The summed E-state index contributed by atoms with van der Waals surface area (Å²) in [5.41, 5.74) is 1.13. The molecule has 1 aromatic rings. The molecule has 98 valence electrons. The van der Waals surface area contributed by atoms with Gasteiger partial charge in [-0.05, 0) is 12.5 Å². The van der Waals surface area contributed by atoms with Crippen molar-refractivity contribution in [3.63, 3.8) is 0 Å². The van der Waals surface area contributed by atoms with E-state index < -0.39 is 0 Å². The lowest BCUT2D eigenvalue weighted by molar-refractivity contribution is 0.104. The van der Waals surface area contributed by atoms with Gasteiger partial charge in [0.15, 0.2) is 0 Å². The van der Waals surface area contributed by atoms with E-state index in [4.69, 9.17) is 9.47 Å². The van der Waals surface area contributed by atoms with E-state index in [9.17, 15) is 0 Å². The molecule has 5 heteroatoms. The number of methoxy groups -OCH3 is 1. The zero-order valence-corrected chi connectivity index (χ0v) is 10.8. The van der Waals surface area contributed by atoms with Crippen molar-refractivity contribution in [3.05, 3.63) is 18.0 Å². The second-order valence-electron chi connectivity index (χ2n) is 3.94. The first-order chi connectivity index (χ1) is 8.33. The van der Waals surface area contributed by atoms with Gasteiger partial charge >= 0.3 is 0 Å². The molecule has 1 heterocycles. The third-order valence-corrected chi connectivity index (χ3v) is 2.39. The van der Waals surface area contributed by atoms with E-state index in [1.165, 1.54) is 0 Å². The normalized spacial score (nSPS) is 10.9. The molecule has 1 rings (SSSR count). The standard InChI is InChI=1S/C12H23N3O2/c1-15-8-5-12(14-15)4-6-13-7-11-17-10-3-9-16-2/h5,8,13H,3-4,6-7,9-11H2,1-2H3. The highest BCUT2D eigenvalue weighted by Gasteiger charge is 1.96. The molecule has 0 atom stereocenters. The van der Waals surface area contributed by atoms with Gasteiger partial charge in [0.1, 0.15) is 0 Å². The Labute approximate surface area is 103 Å². The first kappa shape index (κ1) is 14.2. The summed E-state index contributed by atoms with van der Waals surface area (Å²) in [7, 11) is 3.64. The van der Waals surface area contributed by atoms with E-state index in [1.54, 1.807) is 7.11 Å². The number of aryl methyl sites for hydroxylation is 1. The van der Waals surface area contributed by atoms with Gasteiger partial charge in [0.2, 0.25) is 0 Å². The smallest absolute Gasteiger partial charge is 0.0637 e. The zero-order chi connectivity index (χ0) is 12.3. The summed E-state index contributed by atoms with van der Waals surface area (Å²) in [6.07, 6.45) is 3.89. The molecule has 0 aromatic carbocycles. The molecule has 0 aliphatic carbocycles. The Hall–Kier alpha value is -0.910. The molecule has 0 aliphatic heterocycles. The molecule has 0 saturated heterocycles. The molecule has 5 nitrogen and oxygen atoms in total. The van der Waals surface area contributed by atoms with Gasteiger partial charge in [-0.3, -0.25) is 4.68 Å². The Bertz CT molecular complexity index is 289. The van der Waals surface area contributed by atoms with Gasteiger partial charge in [-0.2, -0.15) is 5.10 Å². The predicted octanol–water partition coefficient (Wildman–Crippen LogP) is 0.605. The van der Waals surface area contributed by atoms with Gasteiger partial charge in [-0.1, -0.05) is 0 Å². The minimum Gasteiger partial charge on any atom is -0.385 e. The lowest BCUT2D eigenvalue weighted by Gasteiger charge is -2.05. The fraction of sp³-hybridized carbons (Fsp3) is 0.750. The fourth-order valence-corrected chi connectivity index (χ4v) is 1.49. The lowest BCUT2D eigenvalue weighted by Crippen LogP contribution is -2.22. The number of rotatable bonds is 10. The third-order valence-electron chi connectivity index (χ3n) is 2.39. The van der Waals surface area contributed by atoms with Gasteiger partial charge in [0.05, 0.1) is 12.3 Å². The van der Waals surface area contributed by atoms with Crippen LogP contribution < -0.4 is 5.32 Å². The quantitative estimate of drug-likeness (QED) is 0.610. The molecule has 1 N–H and O–H groups in total. The van der Waals surface area contributed by atoms with E-state index in [0.29, 0.717) is 0 Å². The predicted molar refractivity (Wildman–Crippen MR) is 67.1 cm³/mol. The Balaban J connectivity index is 1.84. The van der Waals surface area contributed by atoms with Crippen LogP contribution in [0.4, 0.5) is 0 Å². The van der Waals surface area contributed by atoms with Gasteiger partial charge in [-0.25, -0.2) is 0 Å². The van der Waals surface area contributed by atoms with Crippen LogP contribution in [0, 0.1) is 0 Å². The summed E-state index contributed by atoms with van der Waals surface area (Å²) in [4.78, 5) is 0. The monoisotopic (exact) mass is 241 g/mol. The van der Waals surface area contributed by atoms with Crippen molar-refractivity contribution in [2.24, 2.45) is 7.05 Å². The van der Waals surface area contributed by atoms with Gasteiger partial charge in [0.25, 0.3) is 0 Å². The van der Waals surface area contributed by atoms with E-state index in [1.807, 2.05) is 24.0 Å². The Morgan fingerprint density at radius 1 is 1.29 bits per heavy atom. The minimum absolute atomic E-state index is 0.756. The van der Waals surface area contributed by atoms with E-state index >= 15 is 0 Å². The molecular weight excluding hydrogens is 218 g/mol. The van der Waals surface area contributed by atoms with Gasteiger partial charge in [0, 0.05) is 53.1 Å². The van der Waals surface area contributed by atoms with Crippen LogP contribution in [0.3, 0.4) is 0 Å². The molecule has 0 amide bonds. The Kier molecular flexibility index (Phi) is 7.62. The maximum absolute atomic E-state index is 5.43. The van der Waals surface area contributed by atoms with Crippen LogP contribution in [-0.2, 0) is 22.9 Å². The zero-order valence-electron chi connectivity index (χ0n) is 10.8. The van der Waals surface area contributed by atoms with Crippen LogP contribution >= 0.6 is 0 Å². The number of ether oxygens (including phenoxy) is 2. The topological polar surface area (TPSA) is 48.3 Å². The van der Waals surface area contributed by atoms with Crippen molar-refractivity contribution in [2.75, 3.05) is 40.0 Å². The maximum Gasteiger partial charge on any atom is 0.0637 e. The average Bonchev–Trinajstić information content (AvgIpc) is 2.73. The summed E-state index contributed by atoms with van der Waals surface area (Å²) in [5.74, 6) is 0. The first-order valence-electron chi connectivity index (χ1n) is 6.09. The van der Waals surface area contributed by atoms with Crippen molar-refractivity contribution >= 4 is 0 Å². The number of nitrogens with zero attached hydrogens (tertiary/aromatic N) is 2. The van der Waals surface area contributed by atoms with Crippen molar-refractivity contribution in [1.82, 2.24) is 15.1 Å². The van der Waals surface area contributed by atoms with Crippen LogP contribution in [0.15, 0.2) is 12.3 Å². The van der Waals surface area contributed by atoms with E-state index in [-0.39, 0.29) is 0 Å². The SMILES string of the molecule is COCCCOCCNCCc1ccn(C)n1. The van der Waals surface area contributed by atoms with Crippen LogP contribution in [-0.4, -0.2) is 49.8 Å². The van der Waals surface area contributed by atoms with Crippen molar-refractivity contribution in [2.45, 2.75) is 12.8 Å². The highest BCUT2D eigenvalue weighted by Crippen LogP contribution is 1.93. The van der Waals surface area contributed by atoms with Crippen LogP contribution in [0.1, 0.15) is 12.1 Å². The molecule has 0 fully saturated rings. The molecule has 0 saturated carbocycles.